The molecule has 1 N–H and O–H groups in total. The molecule has 2 rings (SSSR count). The smallest absolute Gasteiger partial charge is 0.269 e. The van der Waals surface area contributed by atoms with Crippen LogP contribution in [-0.4, -0.2) is 24.3 Å². The Morgan fingerprint density at radius 2 is 2.21 bits per heavy atom. The van der Waals surface area contributed by atoms with Gasteiger partial charge < -0.3 is 4.74 Å². The van der Waals surface area contributed by atoms with E-state index < -0.39 is 0 Å². The number of rotatable bonds is 5. The van der Waals surface area contributed by atoms with Crippen LogP contribution in [-0.2, 0) is 9.53 Å². The summed E-state index contributed by atoms with van der Waals surface area (Å²) in [7, 11) is 0. The molecule has 102 valence electrons. The van der Waals surface area contributed by atoms with Crippen molar-refractivity contribution in [2.75, 3.05) is 6.61 Å². The third-order valence-electron chi connectivity index (χ3n) is 3.12. The Balaban J connectivity index is 2.02. The van der Waals surface area contributed by atoms with Crippen molar-refractivity contribution in [3.05, 3.63) is 35.9 Å². The molecule has 4 nitrogen and oxygen atoms in total. The molecule has 0 unspecified atom stereocenters. The SMILES string of the molecule is CCC/C(=N/NC(=O)[C@H]1CCCO1)c1ccccc1. The maximum absolute atomic E-state index is 11.8. The molecule has 0 spiro atoms. The zero-order valence-electron chi connectivity index (χ0n) is 11.3. The highest BCUT2D eigenvalue weighted by Crippen LogP contribution is 2.12. The number of nitrogens with zero attached hydrogens (tertiary/aromatic N) is 1. The summed E-state index contributed by atoms with van der Waals surface area (Å²) in [4.78, 5) is 11.8. The minimum absolute atomic E-state index is 0.137. The summed E-state index contributed by atoms with van der Waals surface area (Å²) in [6.45, 7) is 2.77. The Labute approximate surface area is 113 Å². The number of carbonyl (C=O) groups is 1. The van der Waals surface area contributed by atoms with Gasteiger partial charge in [-0.3, -0.25) is 4.79 Å². The molecule has 0 aromatic heterocycles. The van der Waals surface area contributed by atoms with Crippen molar-refractivity contribution in [2.45, 2.75) is 38.7 Å². The molecule has 1 aliphatic heterocycles. The lowest BCUT2D eigenvalue weighted by molar-refractivity contribution is -0.130. The second-order valence-corrected chi connectivity index (χ2v) is 4.65. The Kier molecular flexibility index (Phi) is 5.10. The first-order valence-corrected chi connectivity index (χ1v) is 6.84. The number of benzene rings is 1. The number of nitrogens with one attached hydrogen (secondary N) is 1. The lowest BCUT2D eigenvalue weighted by Crippen LogP contribution is -2.31. The van der Waals surface area contributed by atoms with Gasteiger partial charge in [0.2, 0.25) is 0 Å². The summed E-state index contributed by atoms with van der Waals surface area (Å²) in [6.07, 6.45) is 3.24. The van der Waals surface area contributed by atoms with Crippen LogP contribution in [0, 0.1) is 0 Å². The molecule has 19 heavy (non-hydrogen) atoms. The van der Waals surface area contributed by atoms with Crippen LogP contribution in [0.25, 0.3) is 0 Å². The molecule has 0 bridgehead atoms. The first kappa shape index (κ1) is 13.7. The van der Waals surface area contributed by atoms with E-state index in [1.54, 1.807) is 0 Å². The minimum Gasteiger partial charge on any atom is -0.368 e. The number of hydrogen-bond acceptors (Lipinski definition) is 3. The normalized spacial score (nSPS) is 19.4. The fourth-order valence-corrected chi connectivity index (χ4v) is 2.11. The second-order valence-electron chi connectivity index (χ2n) is 4.65. The monoisotopic (exact) mass is 260 g/mol. The van der Waals surface area contributed by atoms with Crippen LogP contribution in [0.3, 0.4) is 0 Å². The van der Waals surface area contributed by atoms with Crippen LogP contribution in [0.4, 0.5) is 0 Å². The molecule has 0 saturated carbocycles. The van der Waals surface area contributed by atoms with Crippen LogP contribution < -0.4 is 5.43 Å². The van der Waals surface area contributed by atoms with Crippen molar-refractivity contribution in [1.29, 1.82) is 0 Å². The van der Waals surface area contributed by atoms with E-state index in [-0.39, 0.29) is 12.0 Å². The van der Waals surface area contributed by atoms with Gasteiger partial charge in [-0.25, -0.2) is 5.43 Å². The highest BCUT2D eigenvalue weighted by Gasteiger charge is 2.23. The quantitative estimate of drug-likeness (QED) is 0.653. The highest BCUT2D eigenvalue weighted by molar-refractivity contribution is 6.01. The lowest BCUT2D eigenvalue weighted by atomic mass is 10.1. The molecule has 1 saturated heterocycles. The van der Waals surface area contributed by atoms with Crippen molar-refractivity contribution < 1.29 is 9.53 Å². The molecule has 0 radical (unpaired) electrons. The van der Waals surface area contributed by atoms with Crippen molar-refractivity contribution in [3.63, 3.8) is 0 Å². The van der Waals surface area contributed by atoms with Crippen molar-refractivity contribution in [3.8, 4) is 0 Å². The van der Waals surface area contributed by atoms with E-state index in [9.17, 15) is 4.79 Å². The Bertz CT molecular complexity index is 437. The van der Waals surface area contributed by atoms with E-state index in [2.05, 4.69) is 17.5 Å². The van der Waals surface area contributed by atoms with Crippen molar-refractivity contribution in [1.82, 2.24) is 5.43 Å². The number of amides is 1. The van der Waals surface area contributed by atoms with Crippen LogP contribution in [0.5, 0.6) is 0 Å². The van der Waals surface area contributed by atoms with E-state index >= 15 is 0 Å². The third kappa shape index (κ3) is 3.89. The predicted molar refractivity (Wildman–Crippen MR) is 75.0 cm³/mol. The van der Waals surface area contributed by atoms with Gasteiger partial charge in [-0.2, -0.15) is 5.10 Å². The van der Waals surface area contributed by atoms with Crippen LogP contribution in [0.15, 0.2) is 35.4 Å². The molecule has 1 aromatic carbocycles. The summed E-state index contributed by atoms with van der Waals surface area (Å²) in [5, 5.41) is 4.27. The van der Waals surface area contributed by atoms with Gasteiger partial charge in [0.15, 0.2) is 0 Å². The fraction of sp³-hybridized carbons (Fsp3) is 0.467. The summed E-state index contributed by atoms with van der Waals surface area (Å²) in [5.74, 6) is -0.137. The van der Waals surface area contributed by atoms with Gasteiger partial charge in [0.25, 0.3) is 5.91 Å². The standard InChI is InChI=1S/C15H20N2O2/c1-2-7-13(12-8-4-3-5-9-12)16-17-15(18)14-10-6-11-19-14/h3-5,8-9,14H,2,6-7,10-11H2,1H3,(H,17,18)/b16-13-/t14-/m1/s1. The third-order valence-corrected chi connectivity index (χ3v) is 3.12. The molecule has 1 aromatic rings. The lowest BCUT2D eigenvalue weighted by Gasteiger charge is -2.09. The predicted octanol–water partition coefficient (Wildman–Crippen LogP) is 2.49. The molecule has 1 amide bonds. The maximum atomic E-state index is 11.8. The summed E-state index contributed by atoms with van der Waals surface area (Å²) in [5.41, 5.74) is 4.60. The van der Waals surface area contributed by atoms with Gasteiger partial charge in [-0.1, -0.05) is 43.7 Å². The van der Waals surface area contributed by atoms with Gasteiger partial charge in [-0.15, -0.1) is 0 Å². The van der Waals surface area contributed by atoms with Crippen LogP contribution in [0.1, 0.15) is 38.2 Å². The first-order chi connectivity index (χ1) is 9.31. The number of ether oxygens (including phenoxy) is 1. The molecule has 1 fully saturated rings. The Hall–Kier alpha value is -1.68. The minimum atomic E-state index is -0.331. The highest BCUT2D eigenvalue weighted by atomic mass is 16.5. The second kappa shape index (κ2) is 7.04. The van der Waals surface area contributed by atoms with Gasteiger partial charge in [-0.05, 0) is 24.8 Å². The van der Waals surface area contributed by atoms with Crippen molar-refractivity contribution >= 4 is 11.6 Å². The van der Waals surface area contributed by atoms with E-state index in [4.69, 9.17) is 4.74 Å². The zero-order valence-corrected chi connectivity index (χ0v) is 11.3. The van der Waals surface area contributed by atoms with E-state index in [1.165, 1.54) is 0 Å². The van der Waals surface area contributed by atoms with Gasteiger partial charge in [0.05, 0.1) is 5.71 Å². The first-order valence-electron chi connectivity index (χ1n) is 6.84. The summed E-state index contributed by atoms with van der Waals surface area (Å²) >= 11 is 0. The van der Waals surface area contributed by atoms with Gasteiger partial charge in [0, 0.05) is 6.61 Å². The largest absolute Gasteiger partial charge is 0.368 e. The van der Waals surface area contributed by atoms with Gasteiger partial charge >= 0.3 is 0 Å². The summed E-state index contributed by atoms with van der Waals surface area (Å²) < 4.78 is 5.33. The zero-order chi connectivity index (χ0) is 13.5. The molecule has 4 heteroatoms. The van der Waals surface area contributed by atoms with E-state index in [0.717, 1.165) is 37.0 Å². The molecular weight excluding hydrogens is 240 g/mol. The molecular formula is C15H20N2O2. The Morgan fingerprint density at radius 1 is 1.42 bits per heavy atom. The molecule has 0 aliphatic carbocycles. The van der Waals surface area contributed by atoms with E-state index in [1.807, 2.05) is 30.3 Å². The van der Waals surface area contributed by atoms with Gasteiger partial charge in [0.1, 0.15) is 6.10 Å². The number of hydrazone groups is 1. The molecule has 1 atom stereocenters. The van der Waals surface area contributed by atoms with Crippen LogP contribution in [0.2, 0.25) is 0 Å². The summed E-state index contributed by atoms with van der Waals surface area (Å²) in [6, 6.07) is 9.93. The van der Waals surface area contributed by atoms with E-state index in [0.29, 0.717) is 6.61 Å². The number of hydrogen-bond donors (Lipinski definition) is 1. The van der Waals surface area contributed by atoms with Crippen molar-refractivity contribution in [2.24, 2.45) is 5.10 Å². The average molecular weight is 260 g/mol. The Morgan fingerprint density at radius 3 is 2.84 bits per heavy atom. The topological polar surface area (TPSA) is 50.7 Å². The molecule has 1 heterocycles. The molecule has 1 aliphatic rings. The maximum Gasteiger partial charge on any atom is 0.269 e. The average Bonchev–Trinajstić information content (AvgIpc) is 2.98. The number of carbonyl (C=O) groups excluding carboxylic acids is 1. The fourth-order valence-electron chi connectivity index (χ4n) is 2.11. The van der Waals surface area contributed by atoms with Crippen LogP contribution >= 0.6 is 0 Å².